The average molecular weight is 303 g/mol. The highest BCUT2D eigenvalue weighted by Gasteiger charge is 2.29. The third-order valence-electron chi connectivity index (χ3n) is 3.24. The fraction of sp³-hybridized carbons (Fsp3) is 0.571. The fourth-order valence-corrected chi connectivity index (χ4v) is 2.95. The van der Waals surface area contributed by atoms with E-state index in [-0.39, 0.29) is 29.5 Å². The molecule has 1 atom stereocenters. The van der Waals surface area contributed by atoms with E-state index < -0.39 is 10.0 Å². The highest BCUT2D eigenvalue weighted by atomic mass is 32.2. The standard InChI is InChI=1S/C14H22FNO3S/c1-10-7-12(15)5-6-13(10)19-8-11(14(2,3)4)9-20(16,17)18/h5-7,11H,8-9H2,1-4H3,(H2,16,17,18). The van der Waals surface area contributed by atoms with E-state index >= 15 is 0 Å². The maximum absolute atomic E-state index is 13.0. The monoisotopic (exact) mass is 303 g/mol. The number of aryl methyl sites for hydroxylation is 1. The molecule has 0 amide bonds. The van der Waals surface area contributed by atoms with Gasteiger partial charge in [0.1, 0.15) is 11.6 Å². The first-order chi connectivity index (χ1) is 8.99. The van der Waals surface area contributed by atoms with Crippen LogP contribution >= 0.6 is 0 Å². The lowest BCUT2D eigenvalue weighted by atomic mass is 9.82. The number of halogens is 1. The molecule has 20 heavy (non-hydrogen) atoms. The minimum absolute atomic E-state index is 0.142. The second-order valence-corrected chi connectivity index (χ2v) is 7.77. The van der Waals surface area contributed by atoms with Gasteiger partial charge in [-0.2, -0.15) is 0 Å². The molecule has 0 aliphatic heterocycles. The van der Waals surface area contributed by atoms with Gasteiger partial charge in [-0.05, 0) is 36.1 Å². The quantitative estimate of drug-likeness (QED) is 0.908. The molecule has 2 N–H and O–H groups in total. The third kappa shape index (κ3) is 5.46. The van der Waals surface area contributed by atoms with E-state index in [9.17, 15) is 12.8 Å². The van der Waals surface area contributed by atoms with Crippen LogP contribution in [0.25, 0.3) is 0 Å². The Morgan fingerprint density at radius 1 is 1.35 bits per heavy atom. The van der Waals surface area contributed by atoms with Gasteiger partial charge in [0, 0.05) is 5.92 Å². The van der Waals surface area contributed by atoms with Crippen LogP contribution in [0.2, 0.25) is 0 Å². The Hall–Kier alpha value is -1.14. The Balaban J connectivity index is 2.81. The Morgan fingerprint density at radius 3 is 2.40 bits per heavy atom. The molecule has 0 fully saturated rings. The van der Waals surface area contributed by atoms with Crippen molar-refractivity contribution < 1.29 is 17.5 Å². The van der Waals surface area contributed by atoms with E-state index in [0.29, 0.717) is 11.3 Å². The van der Waals surface area contributed by atoms with Crippen LogP contribution in [-0.4, -0.2) is 20.8 Å². The van der Waals surface area contributed by atoms with Crippen molar-refractivity contribution in [2.75, 3.05) is 12.4 Å². The van der Waals surface area contributed by atoms with E-state index in [1.807, 2.05) is 20.8 Å². The summed E-state index contributed by atoms with van der Waals surface area (Å²) in [4.78, 5) is 0. The molecule has 0 aromatic heterocycles. The van der Waals surface area contributed by atoms with Crippen molar-refractivity contribution in [1.29, 1.82) is 0 Å². The minimum atomic E-state index is -3.57. The van der Waals surface area contributed by atoms with E-state index in [1.54, 1.807) is 13.0 Å². The first-order valence-corrected chi connectivity index (χ1v) is 8.10. The van der Waals surface area contributed by atoms with Gasteiger partial charge in [0.15, 0.2) is 0 Å². The Kier molecular flexibility index (Phi) is 5.15. The maximum Gasteiger partial charge on any atom is 0.209 e. The summed E-state index contributed by atoms with van der Waals surface area (Å²) in [6.45, 7) is 7.76. The molecule has 114 valence electrons. The zero-order valence-corrected chi connectivity index (χ0v) is 13.1. The van der Waals surface area contributed by atoms with E-state index in [0.717, 1.165) is 0 Å². The van der Waals surface area contributed by atoms with Gasteiger partial charge in [-0.1, -0.05) is 20.8 Å². The van der Waals surface area contributed by atoms with Gasteiger partial charge in [-0.15, -0.1) is 0 Å². The molecule has 0 radical (unpaired) electrons. The number of ether oxygens (including phenoxy) is 1. The molecule has 0 saturated carbocycles. The third-order valence-corrected chi connectivity index (χ3v) is 4.10. The molecule has 0 saturated heterocycles. The van der Waals surface area contributed by atoms with Gasteiger partial charge in [-0.3, -0.25) is 0 Å². The molecule has 4 nitrogen and oxygen atoms in total. The summed E-state index contributed by atoms with van der Waals surface area (Å²) >= 11 is 0. The van der Waals surface area contributed by atoms with Gasteiger partial charge in [0.2, 0.25) is 10.0 Å². The molecule has 1 rings (SSSR count). The van der Waals surface area contributed by atoms with Crippen LogP contribution in [0.4, 0.5) is 4.39 Å². The second-order valence-electron chi connectivity index (χ2n) is 6.11. The van der Waals surface area contributed by atoms with Crippen molar-refractivity contribution >= 4 is 10.0 Å². The summed E-state index contributed by atoms with van der Waals surface area (Å²) in [5.41, 5.74) is 0.411. The number of sulfonamides is 1. The van der Waals surface area contributed by atoms with Crippen molar-refractivity contribution in [3.05, 3.63) is 29.6 Å². The molecule has 0 aliphatic rings. The number of benzene rings is 1. The van der Waals surface area contributed by atoms with Gasteiger partial charge < -0.3 is 4.74 Å². The van der Waals surface area contributed by atoms with Crippen molar-refractivity contribution in [3.63, 3.8) is 0 Å². The summed E-state index contributed by atoms with van der Waals surface area (Å²) in [7, 11) is -3.57. The summed E-state index contributed by atoms with van der Waals surface area (Å²) in [5, 5.41) is 5.12. The van der Waals surface area contributed by atoms with E-state index in [4.69, 9.17) is 9.88 Å². The predicted molar refractivity (Wildman–Crippen MR) is 77.6 cm³/mol. The highest BCUT2D eigenvalue weighted by Crippen LogP contribution is 2.28. The van der Waals surface area contributed by atoms with Crippen molar-refractivity contribution in [1.82, 2.24) is 0 Å². The van der Waals surface area contributed by atoms with Crippen LogP contribution in [0.1, 0.15) is 26.3 Å². The average Bonchev–Trinajstić information content (AvgIpc) is 2.23. The summed E-state index contributed by atoms with van der Waals surface area (Å²) in [6.07, 6.45) is 0. The van der Waals surface area contributed by atoms with E-state index in [1.165, 1.54) is 12.1 Å². The number of nitrogens with two attached hydrogens (primary N) is 1. The largest absolute Gasteiger partial charge is 0.493 e. The molecule has 0 heterocycles. The topological polar surface area (TPSA) is 69.4 Å². The Morgan fingerprint density at radius 2 is 1.95 bits per heavy atom. The fourth-order valence-electron chi connectivity index (χ4n) is 1.79. The molecule has 1 aromatic carbocycles. The summed E-state index contributed by atoms with van der Waals surface area (Å²) in [6, 6.07) is 4.23. The zero-order chi connectivity index (χ0) is 15.6. The van der Waals surface area contributed by atoms with Crippen LogP contribution in [0.3, 0.4) is 0 Å². The molecule has 6 heteroatoms. The number of hydrogen-bond donors (Lipinski definition) is 1. The van der Waals surface area contributed by atoms with Crippen LogP contribution in [-0.2, 0) is 10.0 Å². The Bertz CT molecular complexity index is 564. The van der Waals surface area contributed by atoms with Crippen LogP contribution in [0, 0.1) is 24.1 Å². The van der Waals surface area contributed by atoms with Crippen molar-refractivity contribution in [3.8, 4) is 5.75 Å². The summed E-state index contributed by atoms with van der Waals surface area (Å²) < 4.78 is 41.2. The smallest absolute Gasteiger partial charge is 0.209 e. The Labute approximate surface area is 120 Å². The number of hydrogen-bond acceptors (Lipinski definition) is 3. The first-order valence-electron chi connectivity index (χ1n) is 6.38. The van der Waals surface area contributed by atoms with Gasteiger partial charge in [0.05, 0.1) is 12.4 Å². The van der Waals surface area contributed by atoms with Gasteiger partial charge in [-0.25, -0.2) is 17.9 Å². The van der Waals surface area contributed by atoms with Gasteiger partial charge >= 0.3 is 0 Å². The number of primary sulfonamides is 1. The molecule has 0 aliphatic carbocycles. The lowest BCUT2D eigenvalue weighted by Gasteiger charge is -2.30. The lowest BCUT2D eigenvalue weighted by Crippen LogP contribution is -2.35. The minimum Gasteiger partial charge on any atom is -0.493 e. The second kappa shape index (κ2) is 6.10. The molecule has 0 spiro atoms. The van der Waals surface area contributed by atoms with Crippen LogP contribution in [0.5, 0.6) is 5.75 Å². The molecule has 1 aromatic rings. The van der Waals surface area contributed by atoms with Crippen molar-refractivity contribution in [2.24, 2.45) is 16.5 Å². The lowest BCUT2D eigenvalue weighted by molar-refractivity contribution is 0.162. The predicted octanol–water partition coefficient (Wildman–Crippen LogP) is 2.46. The SMILES string of the molecule is Cc1cc(F)ccc1OCC(CS(N)(=O)=O)C(C)(C)C. The van der Waals surface area contributed by atoms with Crippen LogP contribution in [0.15, 0.2) is 18.2 Å². The van der Waals surface area contributed by atoms with Gasteiger partial charge in [0.25, 0.3) is 0 Å². The molecular formula is C14H22FNO3S. The molecule has 1 unspecified atom stereocenters. The first kappa shape index (κ1) is 16.9. The van der Waals surface area contributed by atoms with E-state index in [2.05, 4.69) is 0 Å². The van der Waals surface area contributed by atoms with Crippen molar-refractivity contribution in [2.45, 2.75) is 27.7 Å². The molecule has 0 bridgehead atoms. The molecular weight excluding hydrogens is 281 g/mol. The number of rotatable bonds is 5. The maximum atomic E-state index is 13.0. The highest BCUT2D eigenvalue weighted by molar-refractivity contribution is 7.89. The summed E-state index contributed by atoms with van der Waals surface area (Å²) in [5.74, 6) is -0.166. The normalized spacial score (nSPS) is 14.1. The van der Waals surface area contributed by atoms with Crippen LogP contribution < -0.4 is 9.88 Å². The zero-order valence-electron chi connectivity index (χ0n) is 12.3.